The van der Waals surface area contributed by atoms with Gasteiger partial charge < -0.3 is 5.11 Å². The van der Waals surface area contributed by atoms with Gasteiger partial charge in [-0.15, -0.1) is 0 Å². The van der Waals surface area contributed by atoms with Gasteiger partial charge in [-0.05, 0) is 47.4 Å². The quantitative estimate of drug-likeness (QED) is 0.151. The Kier molecular flexibility index (Phi) is 8.51. The molecule has 0 fully saturated rings. The lowest BCUT2D eigenvalue weighted by Gasteiger charge is -2.37. The lowest BCUT2D eigenvalue weighted by molar-refractivity contribution is 0.198. The molecule has 260 valence electrons. The Labute approximate surface area is 303 Å². The third kappa shape index (κ3) is 5.41. The Morgan fingerprint density at radius 1 is 0.774 bits per heavy atom. The minimum atomic E-state index is -1.35. The van der Waals surface area contributed by atoms with E-state index in [0.29, 0.717) is 11.3 Å². The zero-order valence-electron chi connectivity index (χ0n) is 28.5. The van der Waals surface area contributed by atoms with Crippen LogP contribution < -0.4 is 10.5 Å². The minimum Gasteiger partial charge on any atom is -0.465 e. The Bertz CT molecular complexity index is 2540. The molecule has 0 saturated heterocycles. The van der Waals surface area contributed by atoms with E-state index in [-0.39, 0.29) is 34.5 Å². The molecule has 8 rings (SSSR count). The Morgan fingerprint density at radius 3 is 1.89 bits per heavy atom. The van der Waals surface area contributed by atoms with Crippen molar-refractivity contribution in [2.45, 2.75) is 24.9 Å². The lowest BCUT2D eigenvalue weighted by atomic mass is 9.76. The molecule has 10 nitrogen and oxygen atoms in total. The molecular weight excluding hydrogens is 670 g/mol. The maximum absolute atomic E-state index is 15.2. The van der Waals surface area contributed by atoms with Gasteiger partial charge in [-0.25, -0.2) is 34.0 Å². The van der Waals surface area contributed by atoms with Crippen LogP contribution in [0.15, 0.2) is 157 Å². The summed E-state index contributed by atoms with van der Waals surface area (Å²) < 4.78 is 18.4. The van der Waals surface area contributed by atoms with Crippen LogP contribution in [0.5, 0.6) is 0 Å². The zero-order valence-corrected chi connectivity index (χ0v) is 28.5. The van der Waals surface area contributed by atoms with Crippen LogP contribution >= 0.6 is 0 Å². The zero-order chi connectivity index (χ0) is 36.5. The second kappa shape index (κ2) is 13.6. The first-order valence-corrected chi connectivity index (χ1v) is 17.1. The summed E-state index contributed by atoms with van der Waals surface area (Å²) in [5.74, 6) is -0.617. The van der Waals surface area contributed by atoms with Crippen LogP contribution in [-0.4, -0.2) is 40.3 Å². The van der Waals surface area contributed by atoms with Crippen molar-refractivity contribution in [1.82, 2.24) is 29.1 Å². The third-order valence-corrected chi connectivity index (χ3v) is 9.57. The smallest absolute Gasteiger partial charge is 0.413 e. The van der Waals surface area contributed by atoms with Crippen LogP contribution in [0.25, 0.3) is 27.8 Å². The van der Waals surface area contributed by atoms with E-state index in [2.05, 4.69) is 4.98 Å². The number of aromatic nitrogens is 6. The molecule has 0 aliphatic heterocycles. The molecule has 53 heavy (non-hydrogen) atoms. The van der Waals surface area contributed by atoms with E-state index in [4.69, 9.17) is 15.0 Å². The van der Waals surface area contributed by atoms with Gasteiger partial charge in [-0.1, -0.05) is 122 Å². The number of halogens is 1. The number of carbonyl (C=O) groups is 1. The van der Waals surface area contributed by atoms with Gasteiger partial charge in [0.1, 0.15) is 34.9 Å². The van der Waals surface area contributed by atoms with Crippen molar-refractivity contribution < 1.29 is 14.3 Å². The van der Waals surface area contributed by atoms with E-state index in [9.17, 15) is 14.7 Å². The molecule has 0 spiro atoms. The number of carboxylic acid groups (broad SMARTS) is 1. The fourth-order valence-electron chi connectivity index (χ4n) is 7.31. The summed E-state index contributed by atoms with van der Waals surface area (Å²) in [6.07, 6.45) is 1.81. The maximum atomic E-state index is 15.2. The van der Waals surface area contributed by atoms with E-state index in [0.717, 1.165) is 21.6 Å². The average Bonchev–Trinajstić information content (AvgIpc) is 3.63. The predicted octanol–water partition coefficient (Wildman–Crippen LogP) is 8.14. The molecule has 5 aromatic carbocycles. The molecule has 0 bridgehead atoms. The highest BCUT2D eigenvalue weighted by molar-refractivity contribution is 5.95. The van der Waals surface area contributed by atoms with Crippen LogP contribution in [0.2, 0.25) is 0 Å². The Balaban J connectivity index is 1.40. The van der Waals surface area contributed by atoms with E-state index in [1.807, 2.05) is 95.6 Å². The maximum Gasteiger partial charge on any atom is 0.413 e. The van der Waals surface area contributed by atoms with E-state index in [1.54, 1.807) is 43.6 Å². The van der Waals surface area contributed by atoms with Crippen molar-refractivity contribution in [3.05, 3.63) is 191 Å². The molecule has 0 aliphatic carbocycles. The van der Waals surface area contributed by atoms with E-state index < -0.39 is 29.1 Å². The summed E-state index contributed by atoms with van der Waals surface area (Å²) in [6, 6.07) is 41.8. The van der Waals surface area contributed by atoms with E-state index in [1.165, 1.54) is 29.1 Å². The van der Waals surface area contributed by atoms with Crippen molar-refractivity contribution in [3.8, 4) is 5.69 Å². The normalized spacial score (nSPS) is 12.2. The molecule has 0 saturated carbocycles. The molecule has 0 radical (unpaired) electrons. The molecule has 3 heterocycles. The number of imidazole rings is 1. The summed E-state index contributed by atoms with van der Waals surface area (Å²) in [5.41, 5.74) is 2.26. The van der Waals surface area contributed by atoms with Gasteiger partial charge in [0.25, 0.3) is 5.56 Å². The molecule has 0 aliphatic rings. The molecule has 1 atom stereocenters. The molecule has 1 amide bonds. The van der Waals surface area contributed by atoms with Crippen molar-refractivity contribution in [1.29, 1.82) is 0 Å². The molecule has 8 aromatic rings. The molecule has 3 aromatic heterocycles. The molecule has 1 unspecified atom stereocenters. The number of para-hydroxylation sites is 1. The number of hydrogen-bond donors (Lipinski definition) is 1. The highest BCUT2D eigenvalue weighted by Gasteiger charge is 2.41. The van der Waals surface area contributed by atoms with Gasteiger partial charge in [-0.3, -0.25) is 13.9 Å². The van der Waals surface area contributed by atoms with Crippen molar-refractivity contribution >= 4 is 34.0 Å². The fourth-order valence-corrected chi connectivity index (χ4v) is 7.31. The molecule has 1 N–H and O–H groups in total. The number of hydrogen-bond acceptors (Lipinski definition) is 6. The topological polar surface area (TPSA) is 119 Å². The summed E-state index contributed by atoms with van der Waals surface area (Å²) in [4.78, 5) is 47.5. The number of nitrogens with zero attached hydrogens (tertiary/aromatic N) is 7. The second-order valence-corrected chi connectivity index (χ2v) is 12.4. The summed E-state index contributed by atoms with van der Waals surface area (Å²) in [7, 11) is 0. The third-order valence-electron chi connectivity index (χ3n) is 9.57. The van der Waals surface area contributed by atoms with Crippen molar-refractivity contribution in [2.24, 2.45) is 0 Å². The number of rotatable bonds is 9. The molecule has 11 heteroatoms. The first kappa shape index (κ1) is 33.2. The standard InChI is InChI=1S/C42H32FN7O3/c1-2-34(37-47-33-25-15-24-32(43)35(33)40(51)49(37)31-22-13-6-14-23-31)50(41(52)53)39-36-38(44-26-45-39)48(27-46-36)42(28-16-7-3-8-17-28,29-18-9-4-10-19-29)30-20-11-5-12-21-30/h3-27,34H,2H2,1H3,(H,52,53). The van der Waals surface area contributed by atoms with Crippen LogP contribution in [0.4, 0.5) is 15.0 Å². The minimum absolute atomic E-state index is 0.00406. The van der Waals surface area contributed by atoms with Crippen LogP contribution in [0, 0.1) is 5.82 Å². The number of amides is 1. The number of benzene rings is 5. The Morgan fingerprint density at radius 2 is 1.34 bits per heavy atom. The van der Waals surface area contributed by atoms with Gasteiger partial charge in [0.2, 0.25) is 0 Å². The SMILES string of the molecule is CCC(c1nc2cccc(F)c2c(=O)n1-c1ccccc1)N(C(=O)O)c1ncnc2c1ncn2C(c1ccccc1)(c1ccccc1)c1ccccc1. The largest absolute Gasteiger partial charge is 0.465 e. The highest BCUT2D eigenvalue weighted by atomic mass is 19.1. The first-order chi connectivity index (χ1) is 25.9. The van der Waals surface area contributed by atoms with Crippen LogP contribution in [-0.2, 0) is 5.54 Å². The monoisotopic (exact) mass is 701 g/mol. The number of fused-ring (bicyclic) bond motifs is 2. The lowest BCUT2D eigenvalue weighted by Crippen LogP contribution is -2.39. The summed E-state index contributed by atoms with van der Waals surface area (Å²) in [6.45, 7) is 1.79. The highest BCUT2D eigenvalue weighted by Crippen LogP contribution is 2.43. The first-order valence-electron chi connectivity index (χ1n) is 17.1. The number of anilines is 1. The molecular formula is C42H32FN7O3. The van der Waals surface area contributed by atoms with Crippen LogP contribution in [0.3, 0.4) is 0 Å². The van der Waals surface area contributed by atoms with Gasteiger partial charge >= 0.3 is 6.09 Å². The van der Waals surface area contributed by atoms with E-state index >= 15 is 4.39 Å². The van der Waals surface area contributed by atoms with Gasteiger partial charge in [0.05, 0.1) is 17.5 Å². The second-order valence-electron chi connectivity index (χ2n) is 12.4. The van der Waals surface area contributed by atoms with Gasteiger partial charge in [0.15, 0.2) is 17.0 Å². The van der Waals surface area contributed by atoms with Gasteiger partial charge in [0, 0.05) is 0 Å². The predicted molar refractivity (Wildman–Crippen MR) is 201 cm³/mol. The summed E-state index contributed by atoms with van der Waals surface area (Å²) >= 11 is 0. The summed E-state index contributed by atoms with van der Waals surface area (Å²) in [5, 5.41) is 10.8. The average molecular weight is 702 g/mol. The van der Waals surface area contributed by atoms with Crippen LogP contribution in [0.1, 0.15) is 41.9 Å². The fraction of sp³-hybridized carbons (Fsp3) is 0.0952. The Hall–Kier alpha value is -7.01. The van der Waals surface area contributed by atoms with Gasteiger partial charge in [-0.2, -0.15) is 0 Å². The van der Waals surface area contributed by atoms with Crippen molar-refractivity contribution in [3.63, 3.8) is 0 Å². The van der Waals surface area contributed by atoms with Crippen molar-refractivity contribution in [2.75, 3.05) is 4.90 Å².